The lowest BCUT2D eigenvalue weighted by Gasteiger charge is -2.06. The van der Waals surface area contributed by atoms with Gasteiger partial charge in [0.2, 0.25) is 0 Å². The third-order valence-electron chi connectivity index (χ3n) is 3.22. The van der Waals surface area contributed by atoms with Crippen LogP contribution in [0, 0.1) is 6.92 Å². The molecule has 0 bridgehead atoms. The first-order valence-electron chi connectivity index (χ1n) is 7.60. The highest BCUT2D eigenvalue weighted by atomic mass is 16.5. The van der Waals surface area contributed by atoms with Crippen LogP contribution in [0.1, 0.15) is 11.1 Å². The molecule has 0 radical (unpaired) electrons. The Morgan fingerprint density at radius 3 is 2.42 bits per heavy atom. The summed E-state index contributed by atoms with van der Waals surface area (Å²) in [6.07, 6.45) is 1.35. The predicted octanol–water partition coefficient (Wildman–Crippen LogP) is 1.55. The molecule has 0 aliphatic carbocycles. The molecule has 0 aliphatic rings. The molecule has 0 atom stereocenters. The Balaban J connectivity index is 1.85. The van der Waals surface area contributed by atoms with Crippen molar-refractivity contribution in [1.82, 2.24) is 5.43 Å². The maximum absolute atomic E-state index is 11.8. The Morgan fingerprint density at radius 1 is 1.08 bits per heavy atom. The van der Waals surface area contributed by atoms with E-state index in [2.05, 4.69) is 15.8 Å². The molecule has 0 heterocycles. The largest absolute Gasteiger partial charge is 0.482 e. The van der Waals surface area contributed by atoms with Gasteiger partial charge in [0.05, 0.1) is 6.21 Å². The van der Waals surface area contributed by atoms with Gasteiger partial charge in [-0.1, -0.05) is 18.2 Å². The minimum atomic E-state index is -1.07. The van der Waals surface area contributed by atoms with Crippen molar-refractivity contribution >= 4 is 29.7 Å². The van der Waals surface area contributed by atoms with Crippen LogP contribution in [0.2, 0.25) is 0 Å². The third-order valence-corrected chi connectivity index (χ3v) is 3.22. The Hall–Kier alpha value is -3.68. The van der Waals surface area contributed by atoms with Crippen LogP contribution < -0.4 is 15.5 Å². The number of nitrogens with zero attached hydrogens (tertiary/aromatic N) is 1. The van der Waals surface area contributed by atoms with Crippen LogP contribution in [0.3, 0.4) is 0 Å². The second-order valence-corrected chi connectivity index (χ2v) is 5.22. The van der Waals surface area contributed by atoms with Crippen molar-refractivity contribution in [3.63, 3.8) is 0 Å². The standard InChI is InChI=1S/C18H17N3O5/c1-12-4-2-3-5-15(12)20-17(24)18(25)21-19-10-13-6-8-14(9-7-13)26-11-16(22)23/h2-10H,11H2,1H3,(H,20,24)(H,21,25)(H,22,23). The summed E-state index contributed by atoms with van der Waals surface area (Å²) in [5.41, 5.74) is 4.15. The Morgan fingerprint density at radius 2 is 1.77 bits per heavy atom. The van der Waals surface area contributed by atoms with Crippen molar-refractivity contribution in [1.29, 1.82) is 0 Å². The third kappa shape index (κ3) is 5.75. The van der Waals surface area contributed by atoms with E-state index in [-0.39, 0.29) is 0 Å². The molecular weight excluding hydrogens is 338 g/mol. The van der Waals surface area contributed by atoms with E-state index < -0.39 is 24.4 Å². The summed E-state index contributed by atoms with van der Waals surface area (Å²) in [5.74, 6) is -2.40. The molecule has 3 N–H and O–H groups in total. The second-order valence-electron chi connectivity index (χ2n) is 5.22. The normalized spacial score (nSPS) is 10.3. The molecule has 2 rings (SSSR count). The molecule has 8 nitrogen and oxygen atoms in total. The maximum Gasteiger partial charge on any atom is 0.341 e. The fourth-order valence-electron chi connectivity index (χ4n) is 1.90. The molecule has 2 amide bonds. The van der Waals surface area contributed by atoms with Gasteiger partial charge in [-0.3, -0.25) is 9.59 Å². The van der Waals surface area contributed by atoms with Crippen molar-refractivity contribution in [2.75, 3.05) is 11.9 Å². The molecule has 26 heavy (non-hydrogen) atoms. The van der Waals surface area contributed by atoms with E-state index in [4.69, 9.17) is 9.84 Å². The van der Waals surface area contributed by atoms with Crippen LogP contribution in [-0.2, 0) is 14.4 Å². The number of para-hydroxylation sites is 1. The number of ether oxygens (including phenoxy) is 1. The van der Waals surface area contributed by atoms with Crippen molar-refractivity contribution in [2.24, 2.45) is 5.10 Å². The van der Waals surface area contributed by atoms with Crippen molar-refractivity contribution in [3.8, 4) is 5.75 Å². The zero-order valence-electron chi connectivity index (χ0n) is 13.9. The summed E-state index contributed by atoms with van der Waals surface area (Å²) >= 11 is 0. The molecule has 134 valence electrons. The van der Waals surface area contributed by atoms with Gasteiger partial charge in [-0.15, -0.1) is 0 Å². The van der Waals surface area contributed by atoms with Gasteiger partial charge in [0.25, 0.3) is 0 Å². The molecule has 0 saturated carbocycles. The fourth-order valence-corrected chi connectivity index (χ4v) is 1.90. The molecule has 0 saturated heterocycles. The highest BCUT2D eigenvalue weighted by molar-refractivity contribution is 6.39. The van der Waals surface area contributed by atoms with Crippen molar-refractivity contribution in [2.45, 2.75) is 6.92 Å². The number of hydrazone groups is 1. The SMILES string of the molecule is Cc1ccccc1NC(=O)C(=O)NN=Cc1ccc(OCC(=O)O)cc1. The van der Waals surface area contributed by atoms with E-state index >= 15 is 0 Å². The quantitative estimate of drug-likeness (QED) is 0.413. The van der Waals surface area contributed by atoms with Crippen LogP contribution in [0.25, 0.3) is 0 Å². The molecular formula is C18H17N3O5. The number of amides is 2. The summed E-state index contributed by atoms with van der Waals surface area (Å²) in [7, 11) is 0. The number of carbonyl (C=O) groups is 3. The zero-order valence-corrected chi connectivity index (χ0v) is 13.9. The van der Waals surface area contributed by atoms with Crippen molar-refractivity contribution < 1.29 is 24.2 Å². The van der Waals surface area contributed by atoms with Crippen LogP contribution in [-0.4, -0.2) is 35.7 Å². The van der Waals surface area contributed by atoms with Gasteiger partial charge < -0.3 is 15.2 Å². The number of benzene rings is 2. The van der Waals surface area contributed by atoms with Gasteiger partial charge in [-0.05, 0) is 48.4 Å². The average molecular weight is 355 g/mol. The molecule has 0 aromatic heterocycles. The second kappa shape index (κ2) is 8.97. The lowest BCUT2D eigenvalue weighted by atomic mass is 10.2. The Labute approximate surface area is 149 Å². The minimum Gasteiger partial charge on any atom is -0.482 e. The number of hydrogen-bond acceptors (Lipinski definition) is 5. The van der Waals surface area contributed by atoms with Gasteiger partial charge in [0, 0.05) is 5.69 Å². The van der Waals surface area contributed by atoms with E-state index in [1.165, 1.54) is 6.21 Å². The lowest BCUT2D eigenvalue weighted by molar-refractivity contribution is -0.139. The fraction of sp³-hybridized carbons (Fsp3) is 0.111. The number of hydrogen-bond donors (Lipinski definition) is 3. The van der Waals surface area contributed by atoms with E-state index in [1.807, 2.05) is 19.1 Å². The van der Waals surface area contributed by atoms with Gasteiger partial charge in [-0.25, -0.2) is 10.2 Å². The molecule has 2 aromatic rings. The smallest absolute Gasteiger partial charge is 0.341 e. The van der Waals surface area contributed by atoms with Crippen molar-refractivity contribution in [3.05, 3.63) is 59.7 Å². The van der Waals surface area contributed by atoms with Crippen LogP contribution in [0.15, 0.2) is 53.6 Å². The van der Waals surface area contributed by atoms with E-state index in [1.54, 1.807) is 36.4 Å². The van der Waals surface area contributed by atoms with Crippen LogP contribution in [0.5, 0.6) is 5.75 Å². The predicted molar refractivity (Wildman–Crippen MR) is 95.1 cm³/mol. The number of carbonyl (C=O) groups excluding carboxylic acids is 2. The number of rotatable bonds is 6. The maximum atomic E-state index is 11.8. The number of carboxylic acids is 1. The van der Waals surface area contributed by atoms with Gasteiger partial charge >= 0.3 is 17.8 Å². The molecule has 0 fully saturated rings. The summed E-state index contributed by atoms with van der Waals surface area (Å²) in [6.45, 7) is 1.38. The molecule has 0 spiro atoms. The summed E-state index contributed by atoms with van der Waals surface area (Å²) in [4.78, 5) is 34.0. The molecule has 0 unspecified atom stereocenters. The van der Waals surface area contributed by atoms with Crippen LogP contribution in [0.4, 0.5) is 5.69 Å². The van der Waals surface area contributed by atoms with E-state index in [0.29, 0.717) is 17.0 Å². The Bertz CT molecular complexity index is 831. The molecule has 8 heteroatoms. The molecule has 2 aromatic carbocycles. The first kappa shape index (κ1) is 18.7. The number of nitrogens with one attached hydrogen (secondary N) is 2. The summed E-state index contributed by atoms with van der Waals surface area (Å²) in [5, 5.41) is 14.7. The van der Waals surface area contributed by atoms with E-state index in [0.717, 1.165) is 5.56 Å². The topological polar surface area (TPSA) is 117 Å². The Kier molecular flexibility index (Phi) is 6.44. The van der Waals surface area contributed by atoms with Gasteiger partial charge in [0.15, 0.2) is 6.61 Å². The minimum absolute atomic E-state index is 0.395. The number of anilines is 1. The zero-order chi connectivity index (χ0) is 18.9. The van der Waals surface area contributed by atoms with Crippen LogP contribution >= 0.6 is 0 Å². The molecule has 0 aliphatic heterocycles. The first-order valence-corrected chi connectivity index (χ1v) is 7.60. The number of aryl methyl sites for hydroxylation is 1. The first-order chi connectivity index (χ1) is 12.5. The monoisotopic (exact) mass is 355 g/mol. The highest BCUT2D eigenvalue weighted by Gasteiger charge is 2.13. The van der Waals surface area contributed by atoms with Gasteiger partial charge in [-0.2, -0.15) is 5.10 Å². The van der Waals surface area contributed by atoms with Gasteiger partial charge in [0.1, 0.15) is 5.75 Å². The summed E-state index contributed by atoms with van der Waals surface area (Å²) < 4.78 is 5.00. The van der Waals surface area contributed by atoms with E-state index in [9.17, 15) is 14.4 Å². The number of carboxylic acid groups (broad SMARTS) is 1. The lowest BCUT2D eigenvalue weighted by Crippen LogP contribution is -2.32. The average Bonchev–Trinajstić information content (AvgIpc) is 2.62. The summed E-state index contributed by atoms with van der Waals surface area (Å²) in [6, 6.07) is 13.5. The highest BCUT2D eigenvalue weighted by Crippen LogP contribution is 2.13. The number of aliphatic carboxylic acids is 1.